The van der Waals surface area contributed by atoms with E-state index in [1.165, 1.54) is 6.07 Å². The molecule has 1 aromatic carbocycles. The molecule has 1 N–H and O–H groups in total. The Morgan fingerprint density at radius 3 is 2.85 bits per heavy atom. The molecule has 0 amide bonds. The fourth-order valence-electron chi connectivity index (χ4n) is 3.63. The van der Waals surface area contributed by atoms with Crippen LogP contribution in [-0.4, -0.2) is 39.2 Å². The minimum Gasteiger partial charge on any atom is -0.297 e. The Kier molecular flexibility index (Phi) is 4.96. The van der Waals surface area contributed by atoms with Gasteiger partial charge < -0.3 is 0 Å². The number of likely N-dealkylation sites (tertiary alicyclic amines) is 1. The van der Waals surface area contributed by atoms with E-state index in [1.54, 1.807) is 24.4 Å². The van der Waals surface area contributed by atoms with Crippen LogP contribution in [0.4, 0.5) is 4.39 Å². The third-order valence-electron chi connectivity index (χ3n) is 5.19. The lowest BCUT2D eigenvalue weighted by Gasteiger charge is -2.37. The number of hydrogen-bond donors (Lipinski definition) is 2. The average Bonchev–Trinajstić information content (AvgIpc) is 3.37. The number of carbonyl (C=O) groups excluding carboxylic acids is 1. The van der Waals surface area contributed by atoms with Crippen molar-refractivity contribution in [2.75, 3.05) is 13.1 Å². The highest BCUT2D eigenvalue weighted by Gasteiger charge is 2.40. The number of ketones is 1. The van der Waals surface area contributed by atoms with Gasteiger partial charge in [-0.3, -0.25) is 14.8 Å². The summed E-state index contributed by atoms with van der Waals surface area (Å²) in [6.07, 6.45) is 8.32. The maximum Gasteiger partial charge on any atom is 0.157 e. The molecule has 0 bridgehead atoms. The Morgan fingerprint density at radius 2 is 2.15 bits per heavy atom. The van der Waals surface area contributed by atoms with Crippen molar-refractivity contribution in [3.05, 3.63) is 59.2 Å². The minimum atomic E-state index is -0.516. The zero-order valence-electron chi connectivity index (χ0n) is 14.4. The van der Waals surface area contributed by atoms with Crippen LogP contribution in [0.1, 0.15) is 36.4 Å². The van der Waals surface area contributed by atoms with Crippen LogP contribution in [0.25, 0.3) is 6.08 Å². The Morgan fingerprint density at radius 1 is 1.35 bits per heavy atom. The molecule has 2 atom stereocenters. The summed E-state index contributed by atoms with van der Waals surface area (Å²) in [5, 5.41) is 6.92. The summed E-state index contributed by atoms with van der Waals surface area (Å²) in [6.45, 7) is 1.34. The highest BCUT2D eigenvalue weighted by molar-refractivity contribution is 7.81. The fraction of sp³-hybridized carbons (Fsp3) is 0.400. The van der Waals surface area contributed by atoms with E-state index in [0.717, 1.165) is 36.9 Å². The number of hydrogen-bond acceptors (Lipinski definition) is 4. The highest BCUT2D eigenvalue weighted by atomic mass is 32.1. The number of Topliss-reactive ketones (excluding diaryl/α,β-unsaturated/α-hetero) is 1. The lowest BCUT2D eigenvalue weighted by Crippen LogP contribution is -2.42. The molecule has 6 heteroatoms. The molecule has 2 aromatic rings. The van der Waals surface area contributed by atoms with Crippen LogP contribution in [0.2, 0.25) is 0 Å². The zero-order valence-corrected chi connectivity index (χ0v) is 15.3. The Hall–Kier alpha value is -1.92. The number of rotatable bonds is 5. The first kappa shape index (κ1) is 17.5. The van der Waals surface area contributed by atoms with Gasteiger partial charge in [0.2, 0.25) is 0 Å². The first-order valence-corrected chi connectivity index (χ1v) is 9.54. The third kappa shape index (κ3) is 3.62. The lowest BCUT2D eigenvalue weighted by molar-refractivity contribution is -0.126. The molecule has 136 valence electrons. The van der Waals surface area contributed by atoms with Crippen LogP contribution in [0.5, 0.6) is 0 Å². The largest absolute Gasteiger partial charge is 0.297 e. The van der Waals surface area contributed by atoms with Crippen LogP contribution in [-0.2, 0) is 4.79 Å². The minimum absolute atomic E-state index is 0.0784. The SMILES string of the molecule is O=C(C1CC1)C(c1ccccc1F)N1CCC(S)/C(=C/c2cn[nH]c2)C1. The summed E-state index contributed by atoms with van der Waals surface area (Å²) in [5.41, 5.74) is 2.60. The molecule has 0 spiro atoms. The Labute approximate surface area is 157 Å². The van der Waals surface area contributed by atoms with E-state index in [-0.39, 0.29) is 22.8 Å². The van der Waals surface area contributed by atoms with Gasteiger partial charge in [0.05, 0.1) is 12.2 Å². The number of aromatic nitrogens is 2. The van der Waals surface area contributed by atoms with Crippen LogP contribution >= 0.6 is 12.6 Å². The average molecular weight is 371 g/mol. The van der Waals surface area contributed by atoms with Crippen LogP contribution in [0, 0.1) is 11.7 Å². The van der Waals surface area contributed by atoms with Crippen molar-refractivity contribution < 1.29 is 9.18 Å². The van der Waals surface area contributed by atoms with Gasteiger partial charge in [-0.1, -0.05) is 24.3 Å². The second kappa shape index (κ2) is 7.37. The molecule has 1 aromatic heterocycles. The lowest BCUT2D eigenvalue weighted by atomic mass is 9.93. The van der Waals surface area contributed by atoms with Crippen molar-refractivity contribution in [1.29, 1.82) is 0 Å². The molecular weight excluding hydrogens is 349 g/mol. The number of piperidine rings is 1. The van der Waals surface area contributed by atoms with E-state index in [2.05, 4.69) is 21.2 Å². The van der Waals surface area contributed by atoms with Gasteiger partial charge in [-0.15, -0.1) is 0 Å². The Balaban J connectivity index is 1.65. The number of nitrogens with one attached hydrogen (secondary N) is 1. The third-order valence-corrected chi connectivity index (χ3v) is 5.78. The molecule has 2 fully saturated rings. The van der Waals surface area contributed by atoms with E-state index in [9.17, 15) is 9.18 Å². The molecule has 0 radical (unpaired) electrons. The number of thiol groups is 1. The molecule has 1 saturated carbocycles. The number of benzene rings is 1. The van der Waals surface area contributed by atoms with E-state index in [0.29, 0.717) is 12.1 Å². The van der Waals surface area contributed by atoms with Gasteiger partial charge in [-0.05, 0) is 30.9 Å². The molecule has 4 rings (SSSR count). The molecule has 1 saturated heterocycles. The zero-order chi connectivity index (χ0) is 18.1. The van der Waals surface area contributed by atoms with Gasteiger partial charge in [-0.25, -0.2) is 4.39 Å². The van der Waals surface area contributed by atoms with Crippen molar-refractivity contribution in [3.8, 4) is 0 Å². The van der Waals surface area contributed by atoms with E-state index in [4.69, 9.17) is 12.6 Å². The molecule has 1 aliphatic carbocycles. The number of H-pyrrole nitrogens is 1. The summed E-state index contributed by atoms with van der Waals surface area (Å²) in [5.74, 6) is -0.0788. The van der Waals surface area contributed by atoms with Gasteiger partial charge in [-0.2, -0.15) is 17.7 Å². The van der Waals surface area contributed by atoms with Gasteiger partial charge in [0, 0.05) is 41.6 Å². The number of aromatic amines is 1. The maximum absolute atomic E-state index is 14.5. The fourth-order valence-corrected chi connectivity index (χ4v) is 3.90. The van der Waals surface area contributed by atoms with E-state index >= 15 is 0 Å². The molecule has 2 heterocycles. The van der Waals surface area contributed by atoms with E-state index < -0.39 is 6.04 Å². The summed E-state index contributed by atoms with van der Waals surface area (Å²) >= 11 is 4.70. The first-order valence-electron chi connectivity index (χ1n) is 9.03. The second-order valence-electron chi connectivity index (χ2n) is 7.13. The van der Waals surface area contributed by atoms with Crippen molar-refractivity contribution in [2.24, 2.45) is 5.92 Å². The molecule has 1 aliphatic heterocycles. The van der Waals surface area contributed by atoms with Gasteiger partial charge >= 0.3 is 0 Å². The predicted octanol–water partition coefficient (Wildman–Crippen LogP) is 3.66. The smallest absolute Gasteiger partial charge is 0.157 e. The summed E-state index contributed by atoms with van der Waals surface area (Å²) in [6, 6.07) is 6.14. The quantitative estimate of drug-likeness (QED) is 0.789. The van der Waals surface area contributed by atoms with Gasteiger partial charge in [0.25, 0.3) is 0 Å². The van der Waals surface area contributed by atoms with Crippen molar-refractivity contribution in [2.45, 2.75) is 30.6 Å². The standard InChI is InChI=1S/C20H22FN3OS/c21-17-4-2-1-3-16(17)19(20(25)14-5-6-14)24-8-7-18(26)15(12-24)9-13-10-22-23-11-13/h1-4,9-11,14,18-19,26H,5-8,12H2,(H,22,23)/b15-9+. The van der Waals surface area contributed by atoms with Gasteiger partial charge in [0.1, 0.15) is 5.82 Å². The van der Waals surface area contributed by atoms with Gasteiger partial charge in [0.15, 0.2) is 5.78 Å². The molecule has 2 aliphatic rings. The topological polar surface area (TPSA) is 49.0 Å². The van der Waals surface area contributed by atoms with Crippen molar-refractivity contribution >= 4 is 24.5 Å². The number of nitrogens with zero attached hydrogens (tertiary/aromatic N) is 2. The predicted molar refractivity (Wildman–Crippen MR) is 102 cm³/mol. The molecule has 2 unspecified atom stereocenters. The summed E-state index contributed by atoms with van der Waals surface area (Å²) < 4.78 is 14.5. The molecule has 4 nitrogen and oxygen atoms in total. The maximum atomic E-state index is 14.5. The Bertz CT molecular complexity index is 816. The van der Waals surface area contributed by atoms with Crippen LogP contribution in [0.15, 0.2) is 42.2 Å². The van der Waals surface area contributed by atoms with Crippen molar-refractivity contribution in [3.63, 3.8) is 0 Å². The van der Waals surface area contributed by atoms with E-state index in [1.807, 2.05) is 6.20 Å². The molecule has 26 heavy (non-hydrogen) atoms. The number of carbonyl (C=O) groups is 1. The summed E-state index contributed by atoms with van der Waals surface area (Å²) in [4.78, 5) is 15.1. The normalized spacial score (nSPS) is 23.9. The highest BCUT2D eigenvalue weighted by Crippen LogP contribution is 2.39. The van der Waals surface area contributed by atoms with Crippen molar-refractivity contribution in [1.82, 2.24) is 15.1 Å². The second-order valence-corrected chi connectivity index (χ2v) is 7.75. The summed E-state index contributed by atoms with van der Waals surface area (Å²) in [7, 11) is 0. The first-order chi connectivity index (χ1) is 12.6. The molecular formula is C20H22FN3OS. The monoisotopic (exact) mass is 371 g/mol. The van der Waals surface area contributed by atoms with Crippen LogP contribution < -0.4 is 0 Å². The van der Waals surface area contributed by atoms with Crippen LogP contribution in [0.3, 0.4) is 0 Å². The number of halogens is 1.